The van der Waals surface area contributed by atoms with Crippen LogP contribution in [-0.2, 0) is 0 Å². The van der Waals surface area contributed by atoms with Crippen molar-refractivity contribution in [3.8, 4) is 0 Å². The zero-order valence-corrected chi connectivity index (χ0v) is 10.8. The van der Waals surface area contributed by atoms with E-state index in [-0.39, 0.29) is 0 Å². The van der Waals surface area contributed by atoms with Crippen LogP contribution in [0.4, 0.5) is 0 Å². The molecule has 0 saturated carbocycles. The molecule has 1 saturated heterocycles. The minimum Gasteiger partial charge on any atom is -0.303 e. The third kappa shape index (κ3) is 4.98. The number of likely N-dealkylation sites (tertiary alicyclic amines) is 1. The van der Waals surface area contributed by atoms with Gasteiger partial charge in [0, 0.05) is 6.04 Å². The molecule has 1 fully saturated rings. The summed E-state index contributed by atoms with van der Waals surface area (Å²) in [6, 6.07) is 0.705. The molecule has 2 heteroatoms. The molecule has 15 heavy (non-hydrogen) atoms. The first-order valence-corrected chi connectivity index (χ1v) is 6.70. The highest BCUT2D eigenvalue weighted by Crippen LogP contribution is 2.09. The van der Waals surface area contributed by atoms with Crippen molar-refractivity contribution >= 4 is 0 Å². The molecule has 0 aromatic heterocycles. The summed E-state index contributed by atoms with van der Waals surface area (Å²) in [7, 11) is 0. The summed E-state index contributed by atoms with van der Waals surface area (Å²) in [4.78, 5) is 5.20. The number of piperidine rings is 1. The van der Waals surface area contributed by atoms with Gasteiger partial charge < -0.3 is 9.80 Å². The Kier molecular flexibility index (Phi) is 6.26. The molecule has 0 aliphatic carbocycles. The predicted octanol–water partition coefficient (Wildman–Crippen LogP) is 2.59. The zero-order chi connectivity index (χ0) is 11.1. The number of rotatable bonds is 6. The Labute approximate surface area is 95.6 Å². The summed E-state index contributed by atoms with van der Waals surface area (Å²) in [6.45, 7) is 13.3. The fourth-order valence-electron chi connectivity index (χ4n) is 2.46. The van der Waals surface area contributed by atoms with Crippen molar-refractivity contribution in [1.82, 2.24) is 9.80 Å². The van der Waals surface area contributed by atoms with Gasteiger partial charge in [-0.1, -0.05) is 13.3 Å². The minimum atomic E-state index is 0.705. The van der Waals surface area contributed by atoms with E-state index in [1.54, 1.807) is 0 Å². The van der Waals surface area contributed by atoms with Crippen molar-refractivity contribution in [2.24, 2.45) is 0 Å². The summed E-state index contributed by atoms with van der Waals surface area (Å²) in [6.07, 6.45) is 5.62. The molecule has 0 amide bonds. The van der Waals surface area contributed by atoms with Gasteiger partial charge in [0.1, 0.15) is 0 Å². The van der Waals surface area contributed by atoms with Gasteiger partial charge >= 0.3 is 0 Å². The van der Waals surface area contributed by atoms with Gasteiger partial charge in [0.2, 0.25) is 0 Å². The van der Waals surface area contributed by atoms with Gasteiger partial charge in [0.25, 0.3) is 0 Å². The lowest BCUT2D eigenvalue weighted by atomic mass is 10.1. The molecular formula is C13H28N2. The highest BCUT2D eigenvalue weighted by molar-refractivity contribution is 4.66. The van der Waals surface area contributed by atoms with E-state index in [9.17, 15) is 0 Å². The van der Waals surface area contributed by atoms with Gasteiger partial charge in [-0.15, -0.1) is 0 Å². The summed E-state index contributed by atoms with van der Waals surface area (Å²) in [5.74, 6) is 0. The van der Waals surface area contributed by atoms with Gasteiger partial charge in [0.15, 0.2) is 0 Å². The van der Waals surface area contributed by atoms with Crippen LogP contribution in [0.3, 0.4) is 0 Å². The van der Waals surface area contributed by atoms with Crippen LogP contribution in [0.15, 0.2) is 0 Å². The summed E-state index contributed by atoms with van der Waals surface area (Å²) in [5.41, 5.74) is 0. The Hall–Kier alpha value is -0.0800. The quantitative estimate of drug-likeness (QED) is 0.668. The van der Waals surface area contributed by atoms with Crippen molar-refractivity contribution in [2.75, 3.05) is 32.7 Å². The fraction of sp³-hybridized carbons (Fsp3) is 1.00. The number of nitrogens with zero attached hydrogens (tertiary/aromatic N) is 2. The predicted molar refractivity (Wildman–Crippen MR) is 67.3 cm³/mol. The van der Waals surface area contributed by atoms with Gasteiger partial charge in [-0.2, -0.15) is 0 Å². The molecule has 90 valence electrons. The molecule has 0 bridgehead atoms. The zero-order valence-electron chi connectivity index (χ0n) is 10.8. The maximum atomic E-state index is 2.64. The van der Waals surface area contributed by atoms with Crippen molar-refractivity contribution in [3.63, 3.8) is 0 Å². The number of hydrogen-bond donors (Lipinski definition) is 0. The molecule has 1 aliphatic heterocycles. The smallest absolute Gasteiger partial charge is 0.00384 e. The Morgan fingerprint density at radius 2 is 1.80 bits per heavy atom. The second kappa shape index (κ2) is 7.24. The van der Waals surface area contributed by atoms with E-state index in [0.29, 0.717) is 6.04 Å². The van der Waals surface area contributed by atoms with Gasteiger partial charge in [0.05, 0.1) is 0 Å². The summed E-state index contributed by atoms with van der Waals surface area (Å²) in [5, 5.41) is 0. The second-order valence-electron chi connectivity index (χ2n) is 4.98. The molecule has 0 spiro atoms. The standard InChI is InChI=1S/C13H28N2/c1-4-15(13(2)3)12-8-11-14-9-6-5-7-10-14/h13H,4-12H2,1-3H3. The van der Waals surface area contributed by atoms with Crippen LogP contribution in [0.1, 0.15) is 46.5 Å². The first kappa shape index (κ1) is 13.0. The topological polar surface area (TPSA) is 6.48 Å². The highest BCUT2D eigenvalue weighted by atomic mass is 15.2. The van der Waals surface area contributed by atoms with Crippen molar-refractivity contribution in [3.05, 3.63) is 0 Å². The van der Waals surface area contributed by atoms with Gasteiger partial charge in [-0.3, -0.25) is 0 Å². The van der Waals surface area contributed by atoms with Crippen molar-refractivity contribution in [2.45, 2.75) is 52.5 Å². The van der Waals surface area contributed by atoms with Crippen LogP contribution >= 0.6 is 0 Å². The van der Waals surface area contributed by atoms with Gasteiger partial charge in [-0.05, 0) is 65.8 Å². The molecule has 0 aromatic rings. The van der Waals surface area contributed by atoms with E-state index in [0.717, 1.165) is 0 Å². The van der Waals surface area contributed by atoms with E-state index >= 15 is 0 Å². The van der Waals surface area contributed by atoms with Crippen LogP contribution in [0, 0.1) is 0 Å². The molecule has 0 N–H and O–H groups in total. The van der Waals surface area contributed by atoms with Crippen LogP contribution in [0.5, 0.6) is 0 Å². The molecule has 1 heterocycles. The average molecular weight is 212 g/mol. The van der Waals surface area contributed by atoms with E-state index in [2.05, 4.69) is 30.6 Å². The van der Waals surface area contributed by atoms with E-state index < -0.39 is 0 Å². The SMILES string of the molecule is CCN(CCCN1CCCCC1)C(C)C. The van der Waals surface area contributed by atoms with E-state index in [4.69, 9.17) is 0 Å². The third-order valence-corrected chi connectivity index (χ3v) is 3.50. The normalized spacial score (nSPS) is 19.0. The molecule has 0 aromatic carbocycles. The first-order valence-electron chi connectivity index (χ1n) is 6.70. The van der Waals surface area contributed by atoms with Crippen LogP contribution in [0.25, 0.3) is 0 Å². The maximum absolute atomic E-state index is 2.64. The lowest BCUT2D eigenvalue weighted by Gasteiger charge is -2.29. The molecule has 0 radical (unpaired) electrons. The summed E-state index contributed by atoms with van der Waals surface area (Å²) >= 11 is 0. The van der Waals surface area contributed by atoms with Crippen LogP contribution < -0.4 is 0 Å². The highest BCUT2D eigenvalue weighted by Gasteiger charge is 2.11. The maximum Gasteiger partial charge on any atom is 0.00384 e. The van der Waals surface area contributed by atoms with E-state index in [1.807, 2.05) is 0 Å². The molecule has 2 nitrogen and oxygen atoms in total. The van der Waals surface area contributed by atoms with Crippen molar-refractivity contribution < 1.29 is 0 Å². The van der Waals surface area contributed by atoms with Crippen LogP contribution in [-0.4, -0.2) is 48.6 Å². The van der Waals surface area contributed by atoms with Gasteiger partial charge in [-0.25, -0.2) is 0 Å². The molecule has 1 rings (SSSR count). The Morgan fingerprint density at radius 3 is 2.33 bits per heavy atom. The lowest BCUT2D eigenvalue weighted by molar-refractivity contribution is 0.188. The Balaban J connectivity index is 2.08. The average Bonchev–Trinajstić information content (AvgIpc) is 2.25. The third-order valence-electron chi connectivity index (χ3n) is 3.50. The van der Waals surface area contributed by atoms with Crippen LogP contribution in [0.2, 0.25) is 0 Å². The Bertz CT molecular complexity index is 151. The fourth-order valence-corrected chi connectivity index (χ4v) is 2.46. The monoisotopic (exact) mass is 212 g/mol. The summed E-state index contributed by atoms with van der Waals surface area (Å²) < 4.78 is 0. The lowest BCUT2D eigenvalue weighted by Crippen LogP contribution is -2.35. The number of hydrogen-bond acceptors (Lipinski definition) is 2. The first-order chi connectivity index (χ1) is 7.24. The largest absolute Gasteiger partial charge is 0.303 e. The Morgan fingerprint density at radius 1 is 1.13 bits per heavy atom. The second-order valence-corrected chi connectivity index (χ2v) is 4.98. The molecule has 1 aliphatic rings. The molecule has 0 atom stereocenters. The molecular weight excluding hydrogens is 184 g/mol. The molecule has 0 unspecified atom stereocenters. The van der Waals surface area contributed by atoms with Crippen molar-refractivity contribution in [1.29, 1.82) is 0 Å². The van der Waals surface area contributed by atoms with E-state index in [1.165, 1.54) is 58.4 Å². The minimum absolute atomic E-state index is 0.705.